The maximum absolute atomic E-state index is 5.29. The second-order valence-electron chi connectivity index (χ2n) is 7.17. The van der Waals surface area contributed by atoms with Crippen LogP contribution in [0.25, 0.3) is 0 Å². The molecule has 0 radical (unpaired) electrons. The molecule has 0 aromatic heterocycles. The van der Waals surface area contributed by atoms with Crippen molar-refractivity contribution in [3.05, 3.63) is 41.7 Å². The van der Waals surface area contributed by atoms with Gasteiger partial charge in [0.15, 0.2) is 12.1 Å². The lowest BCUT2D eigenvalue weighted by molar-refractivity contribution is 0.0701. The molecule has 1 fully saturated rings. The Morgan fingerprint density at radius 3 is 2.58 bits per heavy atom. The van der Waals surface area contributed by atoms with Crippen LogP contribution >= 0.6 is 0 Å². The summed E-state index contributed by atoms with van der Waals surface area (Å²) in [6.45, 7) is 5.78. The largest absolute Gasteiger partial charge is 0.497 e. The number of hydrogen-bond acceptors (Lipinski definition) is 7. The molecule has 3 heterocycles. The highest BCUT2D eigenvalue weighted by molar-refractivity contribution is 5.99. The molecule has 1 aromatic rings. The van der Waals surface area contributed by atoms with Crippen LogP contribution in [-0.4, -0.2) is 85.8 Å². The molecule has 4 rings (SSSR count). The molecule has 0 bridgehead atoms. The van der Waals surface area contributed by atoms with Gasteiger partial charge in [-0.15, -0.1) is 0 Å². The fraction of sp³-hybridized carbons (Fsp3) is 0.526. The van der Waals surface area contributed by atoms with Gasteiger partial charge in [0.2, 0.25) is 0 Å². The van der Waals surface area contributed by atoms with E-state index in [0.29, 0.717) is 0 Å². The molecule has 0 saturated carbocycles. The van der Waals surface area contributed by atoms with Crippen LogP contribution in [0.5, 0.6) is 5.75 Å². The number of nitrogens with one attached hydrogen (secondary N) is 1. The Kier molecular flexibility index (Phi) is 4.74. The third-order valence-corrected chi connectivity index (χ3v) is 5.18. The number of likely N-dealkylation sites (N-methyl/N-ethyl adjacent to an activating group) is 1. The van der Waals surface area contributed by atoms with Gasteiger partial charge in [0.05, 0.1) is 19.5 Å². The van der Waals surface area contributed by atoms with Gasteiger partial charge in [-0.1, -0.05) is 12.1 Å². The molecular formula is C19H28N6O. The summed E-state index contributed by atoms with van der Waals surface area (Å²) < 4.78 is 5.29. The van der Waals surface area contributed by atoms with Gasteiger partial charge >= 0.3 is 0 Å². The first kappa shape index (κ1) is 17.2. The minimum Gasteiger partial charge on any atom is -0.497 e. The van der Waals surface area contributed by atoms with E-state index in [2.05, 4.69) is 57.3 Å². The Bertz CT molecular complexity index is 694. The first-order valence-corrected chi connectivity index (χ1v) is 9.21. The average Bonchev–Trinajstić information content (AvgIpc) is 3.02. The molecule has 26 heavy (non-hydrogen) atoms. The number of benzene rings is 1. The SMILES string of the molecule is COc1ccc(CN2C3=CN(C)CN(C)C3=NC2N2CCNCC2)cc1. The van der Waals surface area contributed by atoms with Crippen LogP contribution in [0.1, 0.15) is 5.56 Å². The van der Waals surface area contributed by atoms with E-state index >= 15 is 0 Å². The summed E-state index contributed by atoms with van der Waals surface area (Å²) in [6, 6.07) is 8.34. The normalized spacial score (nSPS) is 23.7. The lowest BCUT2D eigenvalue weighted by Crippen LogP contribution is -2.52. The third kappa shape index (κ3) is 3.24. The van der Waals surface area contributed by atoms with Crippen molar-refractivity contribution in [1.82, 2.24) is 24.9 Å². The van der Waals surface area contributed by atoms with Gasteiger partial charge in [-0.2, -0.15) is 0 Å². The maximum Gasteiger partial charge on any atom is 0.181 e. The first-order chi connectivity index (χ1) is 12.7. The van der Waals surface area contributed by atoms with E-state index in [1.165, 1.54) is 11.3 Å². The van der Waals surface area contributed by atoms with Gasteiger partial charge in [0.25, 0.3) is 0 Å². The zero-order valence-electron chi connectivity index (χ0n) is 15.9. The van der Waals surface area contributed by atoms with Gasteiger partial charge in [-0.25, -0.2) is 4.99 Å². The van der Waals surface area contributed by atoms with Gasteiger partial charge in [-0.3, -0.25) is 4.90 Å². The number of piperazine rings is 1. The monoisotopic (exact) mass is 356 g/mol. The first-order valence-electron chi connectivity index (χ1n) is 9.21. The molecular weight excluding hydrogens is 328 g/mol. The summed E-state index contributed by atoms with van der Waals surface area (Å²) in [6.07, 6.45) is 2.29. The van der Waals surface area contributed by atoms with Crippen molar-refractivity contribution in [2.45, 2.75) is 12.8 Å². The Labute approximate surface area is 155 Å². The number of nitrogens with zero attached hydrogens (tertiary/aromatic N) is 5. The van der Waals surface area contributed by atoms with Gasteiger partial charge < -0.3 is 24.8 Å². The van der Waals surface area contributed by atoms with E-state index in [1.807, 2.05) is 12.1 Å². The van der Waals surface area contributed by atoms with E-state index in [1.54, 1.807) is 7.11 Å². The summed E-state index contributed by atoms with van der Waals surface area (Å²) >= 11 is 0. The number of ether oxygens (including phenoxy) is 1. The summed E-state index contributed by atoms with van der Waals surface area (Å²) in [7, 11) is 5.94. The average molecular weight is 356 g/mol. The van der Waals surface area contributed by atoms with Gasteiger partial charge in [-0.05, 0) is 17.7 Å². The molecule has 140 valence electrons. The van der Waals surface area contributed by atoms with Crippen LogP contribution in [0.3, 0.4) is 0 Å². The van der Waals surface area contributed by atoms with Crippen molar-refractivity contribution >= 4 is 5.84 Å². The highest BCUT2D eigenvalue weighted by atomic mass is 16.5. The molecule has 0 amide bonds. The number of amidine groups is 1. The summed E-state index contributed by atoms with van der Waals surface area (Å²) in [5, 5.41) is 3.44. The van der Waals surface area contributed by atoms with Crippen LogP contribution < -0.4 is 10.1 Å². The molecule has 1 aromatic carbocycles. The second-order valence-corrected chi connectivity index (χ2v) is 7.17. The lowest BCUT2D eigenvalue weighted by Gasteiger charge is -2.38. The molecule has 1 N–H and O–H groups in total. The quantitative estimate of drug-likeness (QED) is 0.860. The lowest BCUT2D eigenvalue weighted by atomic mass is 10.2. The van der Waals surface area contributed by atoms with Crippen LogP contribution in [0.4, 0.5) is 0 Å². The van der Waals surface area contributed by atoms with Crippen molar-refractivity contribution < 1.29 is 4.74 Å². The van der Waals surface area contributed by atoms with Crippen molar-refractivity contribution in [1.29, 1.82) is 0 Å². The zero-order valence-corrected chi connectivity index (χ0v) is 15.9. The number of rotatable bonds is 4. The molecule has 0 spiro atoms. The van der Waals surface area contributed by atoms with Crippen molar-refractivity contribution in [3.8, 4) is 5.75 Å². The molecule has 7 heteroatoms. The Morgan fingerprint density at radius 2 is 1.88 bits per heavy atom. The number of fused-ring (bicyclic) bond motifs is 1. The second kappa shape index (κ2) is 7.17. The van der Waals surface area contributed by atoms with Crippen LogP contribution in [0.15, 0.2) is 41.2 Å². The molecule has 3 aliphatic heterocycles. The van der Waals surface area contributed by atoms with Gasteiger partial charge in [0.1, 0.15) is 5.75 Å². The van der Waals surface area contributed by atoms with Crippen LogP contribution in [0, 0.1) is 0 Å². The maximum atomic E-state index is 5.29. The van der Waals surface area contributed by atoms with Crippen LogP contribution in [0.2, 0.25) is 0 Å². The minimum atomic E-state index is 0.0643. The molecule has 0 aliphatic carbocycles. The standard InChI is InChI=1S/C19H28N6O/c1-22-13-17-18(23(2)14-22)21-19(24-10-8-20-9-11-24)25(17)12-15-4-6-16(26-3)7-5-15/h4-7,13,19-20H,8-12,14H2,1-3H3. The number of methoxy groups -OCH3 is 1. The van der Waals surface area contributed by atoms with E-state index in [0.717, 1.165) is 51.0 Å². The summed E-state index contributed by atoms with van der Waals surface area (Å²) in [5.41, 5.74) is 2.47. The predicted octanol–water partition coefficient (Wildman–Crippen LogP) is 0.774. The summed E-state index contributed by atoms with van der Waals surface area (Å²) in [5.74, 6) is 1.99. The van der Waals surface area contributed by atoms with E-state index in [9.17, 15) is 0 Å². The zero-order chi connectivity index (χ0) is 18.1. The molecule has 7 nitrogen and oxygen atoms in total. The van der Waals surface area contributed by atoms with Crippen molar-refractivity contribution in [2.24, 2.45) is 4.99 Å². The Morgan fingerprint density at radius 1 is 1.15 bits per heavy atom. The van der Waals surface area contributed by atoms with Gasteiger partial charge in [0, 0.05) is 53.0 Å². The third-order valence-electron chi connectivity index (χ3n) is 5.18. The van der Waals surface area contributed by atoms with E-state index < -0.39 is 0 Å². The molecule has 3 aliphatic rings. The highest BCUT2D eigenvalue weighted by Crippen LogP contribution is 2.30. The van der Waals surface area contributed by atoms with Crippen LogP contribution in [-0.2, 0) is 6.54 Å². The molecule has 1 unspecified atom stereocenters. The summed E-state index contributed by atoms with van der Waals surface area (Å²) in [4.78, 5) is 14.5. The van der Waals surface area contributed by atoms with Crippen molar-refractivity contribution in [3.63, 3.8) is 0 Å². The Balaban J connectivity index is 1.63. The van der Waals surface area contributed by atoms with Crippen molar-refractivity contribution in [2.75, 3.05) is 54.1 Å². The minimum absolute atomic E-state index is 0.0643. The molecule has 1 atom stereocenters. The number of aliphatic imine (C=N–C) groups is 1. The number of hydrogen-bond donors (Lipinski definition) is 1. The highest BCUT2D eigenvalue weighted by Gasteiger charge is 2.38. The fourth-order valence-electron chi connectivity index (χ4n) is 3.86. The predicted molar refractivity (Wildman–Crippen MR) is 103 cm³/mol. The van der Waals surface area contributed by atoms with E-state index in [-0.39, 0.29) is 6.29 Å². The van der Waals surface area contributed by atoms with E-state index in [4.69, 9.17) is 9.73 Å². The topological polar surface area (TPSA) is 46.6 Å². The smallest absolute Gasteiger partial charge is 0.181 e. The Hall–Kier alpha value is -2.25. The fourth-order valence-corrected chi connectivity index (χ4v) is 3.86. The molecule has 1 saturated heterocycles.